The Hall–Kier alpha value is -1.76. The van der Waals surface area contributed by atoms with Crippen molar-refractivity contribution in [3.63, 3.8) is 0 Å². The number of amides is 1. The Labute approximate surface area is 125 Å². The van der Waals surface area contributed by atoms with E-state index in [2.05, 4.69) is 38.1 Å². The van der Waals surface area contributed by atoms with Gasteiger partial charge >= 0.3 is 0 Å². The lowest BCUT2D eigenvalue weighted by Gasteiger charge is -2.03. The predicted octanol–water partition coefficient (Wildman–Crippen LogP) is 2.84. The van der Waals surface area contributed by atoms with Crippen LogP contribution < -0.4 is 5.43 Å². The highest BCUT2D eigenvalue weighted by atomic mass is 127. The molecule has 2 aromatic rings. The lowest BCUT2D eigenvalue weighted by atomic mass is 10.1. The highest BCUT2D eigenvalue weighted by molar-refractivity contribution is 14.1. The maximum atomic E-state index is 11.8. The summed E-state index contributed by atoms with van der Waals surface area (Å²) >= 11 is 2.24. The van der Waals surface area contributed by atoms with Gasteiger partial charge in [-0.1, -0.05) is 12.1 Å². The van der Waals surface area contributed by atoms with Crippen molar-refractivity contribution in [2.45, 2.75) is 6.92 Å². The molecule has 96 valence electrons. The minimum absolute atomic E-state index is 0.243. The van der Waals surface area contributed by atoms with Crippen molar-refractivity contribution < 1.29 is 4.79 Å². The van der Waals surface area contributed by atoms with E-state index in [0.29, 0.717) is 5.56 Å². The van der Waals surface area contributed by atoms with Crippen LogP contribution in [-0.2, 0) is 0 Å². The summed E-state index contributed by atoms with van der Waals surface area (Å²) < 4.78 is 1.16. The van der Waals surface area contributed by atoms with E-state index >= 15 is 0 Å². The molecule has 0 radical (unpaired) electrons. The molecule has 5 heteroatoms. The Morgan fingerprint density at radius 2 is 1.74 bits per heavy atom. The van der Waals surface area contributed by atoms with Gasteiger partial charge in [0, 0.05) is 21.5 Å². The van der Waals surface area contributed by atoms with Gasteiger partial charge in [0.2, 0.25) is 0 Å². The number of carbonyl (C=O) groups excluding carboxylic acids is 1. The van der Waals surface area contributed by atoms with Crippen LogP contribution in [0.4, 0.5) is 0 Å². The molecule has 1 heterocycles. The molecule has 1 N–H and O–H groups in total. The van der Waals surface area contributed by atoms with E-state index in [1.54, 1.807) is 24.5 Å². The number of nitrogens with zero attached hydrogens (tertiary/aromatic N) is 2. The van der Waals surface area contributed by atoms with Gasteiger partial charge in [0.25, 0.3) is 5.91 Å². The van der Waals surface area contributed by atoms with Gasteiger partial charge in [-0.3, -0.25) is 9.78 Å². The van der Waals surface area contributed by atoms with E-state index in [1.807, 2.05) is 31.2 Å². The maximum absolute atomic E-state index is 11.8. The molecule has 0 aliphatic heterocycles. The highest BCUT2D eigenvalue weighted by Gasteiger charge is 2.03. The number of halogens is 1. The molecule has 0 bridgehead atoms. The van der Waals surface area contributed by atoms with E-state index in [4.69, 9.17) is 0 Å². The van der Waals surface area contributed by atoms with Crippen molar-refractivity contribution >= 4 is 34.2 Å². The average Bonchev–Trinajstić information content (AvgIpc) is 2.46. The summed E-state index contributed by atoms with van der Waals surface area (Å²) in [5.74, 6) is -0.243. The van der Waals surface area contributed by atoms with Gasteiger partial charge < -0.3 is 0 Å². The van der Waals surface area contributed by atoms with Crippen LogP contribution in [-0.4, -0.2) is 16.6 Å². The zero-order chi connectivity index (χ0) is 13.7. The van der Waals surface area contributed by atoms with Crippen LogP contribution >= 0.6 is 22.6 Å². The third kappa shape index (κ3) is 3.85. The van der Waals surface area contributed by atoms with Crippen LogP contribution in [0.25, 0.3) is 0 Å². The molecule has 0 atom stereocenters. The first-order valence-corrected chi connectivity index (χ1v) is 6.75. The van der Waals surface area contributed by atoms with Crippen molar-refractivity contribution in [2.75, 3.05) is 0 Å². The Kier molecular flexibility index (Phi) is 4.62. The predicted molar refractivity (Wildman–Crippen MR) is 83.1 cm³/mol. The van der Waals surface area contributed by atoms with Crippen LogP contribution in [0, 0.1) is 3.57 Å². The summed E-state index contributed by atoms with van der Waals surface area (Å²) in [7, 11) is 0. The summed E-state index contributed by atoms with van der Waals surface area (Å²) in [6.45, 7) is 1.86. The van der Waals surface area contributed by atoms with E-state index in [1.165, 1.54) is 0 Å². The average molecular weight is 365 g/mol. The highest BCUT2D eigenvalue weighted by Crippen LogP contribution is 2.07. The lowest BCUT2D eigenvalue weighted by molar-refractivity contribution is 0.0954. The number of benzene rings is 1. The van der Waals surface area contributed by atoms with E-state index in [-0.39, 0.29) is 5.91 Å². The Morgan fingerprint density at radius 3 is 2.37 bits per heavy atom. The fourth-order valence-electron chi connectivity index (χ4n) is 1.46. The van der Waals surface area contributed by atoms with Crippen molar-refractivity contribution in [3.05, 3.63) is 63.5 Å². The molecule has 1 aromatic heterocycles. The number of hydrazone groups is 1. The summed E-state index contributed by atoms with van der Waals surface area (Å²) in [5, 5.41) is 4.09. The molecule has 0 saturated carbocycles. The zero-order valence-corrected chi connectivity index (χ0v) is 12.5. The van der Waals surface area contributed by atoms with Crippen LogP contribution in [0.3, 0.4) is 0 Å². The number of pyridine rings is 1. The summed E-state index contributed by atoms with van der Waals surface area (Å²) in [4.78, 5) is 15.6. The minimum atomic E-state index is -0.243. The van der Waals surface area contributed by atoms with E-state index < -0.39 is 0 Å². The second-order valence-electron chi connectivity index (χ2n) is 3.88. The number of carbonyl (C=O) groups is 1. The fourth-order valence-corrected chi connectivity index (χ4v) is 1.82. The molecule has 4 nitrogen and oxygen atoms in total. The number of aromatic nitrogens is 1. The second-order valence-corrected chi connectivity index (χ2v) is 5.13. The van der Waals surface area contributed by atoms with Gasteiger partial charge in [0.05, 0.1) is 5.71 Å². The first kappa shape index (κ1) is 13.7. The van der Waals surface area contributed by atoms with Crippen molar-refractivity contribution in [2.24, 2.45) is 5.10 Å². The summed E-state index contributed by atoms with van der Waals surface area (Å²) in [6.07, 6.45) is 3.15. The van der Waals surface area contributed by atoms with E-state index in [0.717, 1.165) is 14.8 Å². The van der Waals surface area contributed by atoms with E-state index in [9.17, 15) is 4.79 Å². The number of rotatable bonds is 3. The van der Waals surface area contributed by atoms with Crippen LogP contribution in [0.15, 0.2) is 53.9 Å². The van der Waals surface area contributed by atoms with Gasteiger partial charge in [0.15, 0.2) is 0 Å². The largest absolute Gasteiger partial charge is 0.271 e. The topological polar surface area (TPSA) is 54.4 Å². The molecular formula is C14H12IN3O. The maximum Gasteiger partial charge on any atom is 0.271 e. The first-order chi connectivity index (χ1) is 9.16. The Bertz CT molecular complexity index is 594. The van der Waals surface area contributed by atoms with Gasteiger partial charge in [-0.25, -0.2) is 5.43 Å². The van der Waals surface area contributed by atoms with Crippen LogP contribution in [0.1, 0.15) is 22.8 Å². The van der Waals surface area contributed by atoms with Gasteiger partial charge in [0.1, 0.15) is 0 Å². The normalized spacial score (nSPS) is 11.2. The molecule has 2 rings (SSSR count). The Balaban J connectivity index is 2.06. The zero-order valence-electron chi connectivity index (χ0n) is 10.3. The quantitative estimate of drug-likeness (QED) is 0.517. The van der Waals surface area contributed by atoms with Crippen molar-refractivity contribution in [1.29, 1.82) is 0 Å². The van der Waals surface area contributed by atoms with Gasteiger partial charge in [-0.05, 0) is 59.3 Å². The van der Waals surface area contributed by atoms with Crippen molar-refractivity contribution in [1.82, 2.24) is 10.4 Å². The molecule has 19 heavy (non-hydrogen) atoms. The minimum Gasteiger partial charge on any atom is -0.267 e. The van der Waals surface area contributed by atoms with Gasteiger partial charge in [-0.15, -0.1) is 0 Å². The molecule has 0 unspecified atom stereocenters. The summed E-state index contributed by atoms with van der Waals surface area (Å²) in [5.41, 5.74) is 4.81. The molecule has 0 aliphatic rings. The fraction of sp³-hybridized carbons (Fsp3) is 0.0714. The second kappa shape index (κ2) is 6.42. The SMILES string of the molecule is CC(=NNC(=O)c1ccncc1)c1ccc(I)cc1. The smallest absolute Gasteiger partial charge is 0.267 e. The number of hydrogen-bond donors (Lipinski definition) is 1. The van der Waals surface area contributed by atoms with Gasteiger partial charge in [-0.2, -0.15) is 5.10 Å². The molecule has 0 aliphatic carbocycles. The Morgan fingerprint density at radius 1 is 1.11 bits per heavy atom. The summed E-state index contributed by atoms with van der Waals surface area (Å²) in [6, 6.07) is 11.2. The van der Waals surface area contributed by atoms with Crippen molar-refractivity contribution in [3.8, 4) is 0 Å². The molecule has 0 fully saturated rings. The molecular weight excluding hydrogens is 353 g/mol. The molecule has 1 amide bonds. The molecule has 0 saturated heterocycles. The van der Waals surface area contributed by atoms with Crippen LogP contribution in [0.5, 0.6) is 0 Å². The standard InChI is InChI=1S/C14H12IN3O/c1-10(11-2-4-13(15)5-3-11)17-18-14(19)12-6-8-16-9-7-12/h2-9H,1H3,(H,18,19). The third-order valence-corrected chi connectivity index (χ3v) is 3.25. The monoisotopic (exact) mass is 365 g/mol. The number of nitrogens with one attached hydrogen (secondary N) is 1. The number of hydrogen-bond acceptors (Lipinski definition) is 3. The van der Waals surface area contributed by atoms with Crippen LogP contribution in [0.2, 0.25) is 0 Å². The first-order valence-electron chi connectivity index (χ1n) is 5.67. The molecule has 1 aromatic carbocycles. The lowest BCUT2D eigenvalue weighted by Crippen LogP contribution is -2.19. The molecule has 0 spiro atoms. The third-order valence-electron chi connectivity index (χ3n) is 2.53.